The Morgan fingerprint density at radius 1 is 1.05 bits per heavy atom. The number of aryl methyl sites for hydroxylation is 1. The van der Waals surface area contributed by atoms with Crippen molar-refractivity contribution < 1.29 is 13.2 Å². The molecule has 0 radical (unpaired) electrons. The molecule has 1 aromatic heterocycles. The fraction of sp³-hybridized carbons (Fsp3) is 0.214. The predicted octanol–water partition coefficient (Wildman–Crippen LogP) is 3.10. The van der Waals surface area contributed by atoms with Crippen molar-refractivity contribution in [1.82, 2.24) is 10.3 Å². The van der Waals surface area contributed by atoms with Crippen LogP contribution in [-0.4, -0.2) is 4.98 Å². The number of aromatic nitrogens is 1. The molecule has 0 bridgehead atoms. The Balaban J connectivity index is 2.00. The molecule has 0 spiro atoms. The van der Waals surface area contributed by atoms with Gasteiger partial charge in [0.15, 0.2) is 11.6 Å². The maximum absolute atomic E-state index is 13.4. The van der Waals surface area contributed by atoms with Gasteiger partial charge in [0.2, 0.25) is 0 Å². The zero-order valence-corrected chi connectivity index (χ0v) is 10.4. The number of nitrogens with one attached hydrogen (secondary N) is 1. The maximum atomic E-state index is 13.4. The summed E-state index contributed by atoms with van der Waals surface area (Å²) in [5.74, 6) is -2.99. The molecule has 1 N–H and O–H groups in total. The van der Waals surface area contributed by atoms with E-state index in [-0.39, 0.29) is 12.1 Å². The molecule has 19 heavy (non-hydrogen) atoms. The highest BCUT2D eigenvalue weighted by Crippen LogP contribution is 2.13. The predicted molar refractivity (Wildman–Crippen MR) is 65.8 cm³/mol. The number of hydrogen-bond acceptors (Lipinski definition) is 2. The van der Waals surface area contributed by atoms with Crippen molar-refractivity contribution in [1.29, 1.82) is 0 Å². The standard InChI is InChI=1S/C14H13F3N2/c1-9-3-2-4-19-14(9)8-18-7-10-5-12(16)13(17)6-11(10)15/h2-6,18H,7-8H2,1H3. The largest absolute Gasteiger partial charge is 0.307 e. The van der Waals surface area contributed by atoms with Crippen LogP contribution in [0, 0.1) is 24.4 Å². The molecule has 0 amide bonds. The second-order valence-corrected chi connectivity index (χ2v) is 4.23. The molecule has 0 aliphatic heterocycles. The third kappa shape index (κ3) is 3.32. The van der Waals surface area contributed by atoms with Gasteiger partial charge in [-0.25, -0.2) is 13.2 Å². The van der Waals surface area contributed by atoms with Gasteiger partial charge in [0.05, 0.1) is 5.69 Å². The second kappa shape index (κ2) is 5.84. The lowest BCUT2D eigenvalue weighted by molar-refractivity contribution is 0.486. The molecular weight excluding hydrogens is 253 g/mol. The van der Waals surface area contributed by atoms with Crippen LogP contribution in [0.2, 0.25) is 0 Å². The van der Waals surface area contributed by atoms with Crippen molar-refractivity contribution in [2.45, 2.75) is 20.0 Å². The molecule has 100 valence electrons. The molecule has 2 aromatic rings. The minimum absolute atomic E-state index is 0.0903. The summed E-state index contributed by atoms with van der Waals surface area (Å²) < 4.78 is 39.1. The lowest BCUT2D eigenvalue weighted by atomic mass is 10.2. The maximum Gasteiger partial charge on any atom is 0.161 e. The van der Waals surface area contributed by atoms with Gasteiger partial charge in [-0.05, 0) is 24.6 Å². The lowest BCUT2D eigenvalue weighted by Crippen LogP contribution is -2.16. The monoisotopic (exact) mass is 266 g/mol. The summed E-state index contributed by atoms with van der Waals surface area (Å²) in [6.07, 6.45) is 1.67. The van der Waals surface area contributed by atoms with Gasteiger partial charge in [-0.3, -0.25) is 4.98 Å². The number of hydrogen-bond donors (Lipinski definition) is 1. The quantitative estimate of drug-likeness (QED) is 0.860. The number of pyridine rings is 1. The van der Waals surface area contributed by atoms with Gasteiger partial charge < -0.3 is 5.32 Å². The molecule has 5 heteroatoms. The van der Waals surface area contributed by atoms with E-state index >= 15 is 0 Å². The van der Waals surface area contributed by atoms with Gasteiger partial charge in [0.25, 0.3) is 0 Å². The van der Waals surface area contributed by atoms with E-state index < -0.39 is 17.5 Å². The molecule has 0 fully saturated rings. The fourth-order valence-electron chi connectivity index (χ4n) is 1.72. The van der Waals surface area contributed by atoms with Crippen LogP contribution in [-0.2, 0) is 13.1 Å². The van der Waals surface area contributed by atoms with Crippen LogP contribution in [0.15, 0.2) is 30.5 Å². The second-order valence-electron chi connectivity index (χ2n) is 4.23. The highest BCUT2D eigenvalue weighted by Gasteiger charge is 2.09. The van der Waals surface area contributed by atoms with Crippen LogP contribution < -0.4 is 5.32 Å². The summed E-state index contributed by atoms with van der Waals surface area (Å²) >= 11 is 0. The first-order valence-electron chi connectivity index (χ1n) is 5.82. The Kier molecular flexibility index (Phi) is 4.16. The normalized spacial score (nSPS) is 10.7. The molecular formula is C14H13F3N2. The smallest absolute Gasteiger partial charge is 0.161 e. The average molecular weight is 266 g/mol. The molecule has 2 rings (SSSR count). The van der Waals surface area contributed by atoms with Crippen molar-refractivity contribution in [3.05, 3.63) is 64.7 Å². The van der Waals surface area contributed by atoms with E-state index in [1.807, 2.05) is 19.1 Å². The minimum Gasteiger partial charge on any atom is -0.307 e. The first kappa shape index (κ1) is 13.5. The first-order chi connectivity index (χ1) is 9.08. The molecule has 2 nitrogen and oxygen atoms in total. The zero-order chi connectivity index (χ0) is 13.8. The van der Waals surface area contributed by atoms with Crippen LogP contribution in [0.1, 0.15) is 16.8 Å². The Labute approximate surface area is 109 Å². The Hall–Kier alpha value is -1.88. The molecule has 0 saturated heterocycles. The third-order valence-corrected chi connectivity index (χ3v) is 2.82. The third-order valence-electron chi connectivity index (χ3n) is 2.82. The summed E-state index contributed by atoms with van der Waals surface area (Å²) in [4.78, 5) is 4.17. The highest BCUT2D eigenvalue weighted by molar-refractivity contribution is 5.21. The van der Waals surface area contributed by atoms with E-state index in [1.54, 1.807) is 6.20 Å². The number of benzene rings is 1. The van der Waals surface area contributed by atoms with E-state index in [9.17, 15) is 13.2 Å². The van der Waals surface area contributed by atoms with Crippen molar-refractivity contribution in [2.75, 3.05) is 0 Å². The Bertz CT molecular complexity index is 585. The summed E-state index contributed by atoms with van der Waals surface area (Å²) in [7, 11) is 0. The van der Waals surface area contributed by atoms with Crippen molar-refractivity contribution in [2.24, 2.45) is 0 Å². The van der Waals surface area contributed by atoms with E-state index in [2.05, 4.69) is 10.3 Å². The van der Waals surface area contributed by atoms with Crippen LogP contribution in [0.3, 0.4) is 0 Å². The summed E-state index contributed by atoms with van der Waals surface area (Å²) in [5, 5.41) is 2.95. The van der Waals surface area contributed by atoms with Crippen molar-refractivity contribution in [3.63, 3.8) is 0 Å². The minimum atomic E-state index is -1.18. The molecule has 0 saturated carbocycles. The van der Waals surface area contributed by atoms with Gasteiger partial charge in [-0.2, -0.15) is 0 Å². The van der Waals surface area contributed by atoms with Gasteiger partial charge in [-0.15, -0.1) is 0 Å². The number of rotatable bonds is 4. The van der Waals surface area contributed by atoms with E-state index in [0.29, 0.717) is 12.6 Å². The number of halogens is 3. The van der Waals surface area contributed by atoms with Crippen LogP contribution in [0.25, 0.3) is 0 Å². The molecule has 0 aliphatic rings. The van der Waals surface area contributed by atoms with Crippen LogP contribution in [0.4, 0.5) is 13.2 Å². The zero-order valence-electron chi connectivity index (χ0n) is 10.4. The van der Waals surface area contributed by atoms with E-state index in [0.717, 1.165) is 17.3 Å². The van der Waals surface area contributed by atoms with Crippen molar-refractivity contribution >= 4 is 0 Å². The summed E-state index contributed by atoms with van der Waals surface area (Å²) in [6.45, 7) is 2.46. The highest BCUT2D eigenvalue weighted by atomic mass is 19.2. The molecule has 0 aliphatic carbocycles. The molecule has 1 heterocycles. The fourth-order valence-corrected chi connectivity index (χ4v) is 1.72. The van der Waals surface area contributed by atoms with Gasteiger partial charge >= 0.3 is 0 Å². The molecule has 0 unspecified atom stereocenters. The van der Waals surface area contributed by atoms with Gasteiger partial charge in [0, 0.05) is 30.9 Å². The van der Waals surface area contributed by atoms with E-state index in [1.165, 1.54) is 0 Å². The Morgan fingerprint density at radius 2 is 1.79 bits per heavy atom. The van der Waals surface area contributed by atoms with Gasteiger partial charge in [-0.1, -0.05) is 6.07 Å². The lowest BCUT2D eigenvalue weighted by Gasteiger charge is -2.08. The number of nitrogens with zero attached hydrogens (tertiary/aromatic N) is 1. The first-order valence-corrected chi connectivity index (χ1v) is 5.82. The van der Waals surface area contributed by atoms with Crippen molar-refractivity contribution in [3.8, 4) is 0 Å². The van der Waals surface area contributed by atoms with Crippen LogP contribution >= 0.6 is 0 Å². The van der Waals surface area contributed by atoms with E-state index in [4.69, 9.17) is 0 Å². The summed E-state index contributed by atoms with van der Waals surface area (Å²) in [5.41, 5.74) is 1.94. The van der Waals surface area contributed by atoms with Crippen LogP contribution in [0.5, 0.6) is 0 Å². The van der Waals surface area contributed by atoms with Gasteiger partial charge in [0.1, 0.15) is 5.82 Å². The topological polar surface area (TPSA) is 24.9 Å². The molecule has 0 atom stereocenters. The average Bonchev–Trinajstić information content (AvgIpc) is 2.38. The summed E-state index contributed by atoms with van der Waals surface area (Å²) in [6, 6.07) is 5.16. The Morgan fingerprint density at radius 3 is 2.53 bits per heavy atom. The molecule has 1 aromatic carbocycles. The SMILES string of the molecule is Cc1cccnc1CNCc1cc(F)c(F)cc1F.